The summed E-state index contributed by atoms with van der Waals surface area (Å²) >= 11 is 6.18. The van der Waals surface area contributed by atoms with Gasteiger partial charge in [-0.25, -0.2) is 0 Å². The predicted molar refractivity (Wildman–Crippen MR) is 68.4 cm³/mol. The molecule has 0 atom stereocenters. The van der Waals surface area contributed by atoms with Gasteiger partial charge in [0, 0.05) is 22.3 Å². The molecule has 3 nitrogen and oxygen atoms in total. The summed E-state index contributed by atoms with van der Waals surface area (Å²) in [4.78, 5) is 0. The van der Waals surface area contributed by atoms with E-state index >= 15 is 0 Å². The van der Waals surface area contributed by atoms with Crippen molar-refractivity contribution in [2.75, 3.05) is 0 Å². The van der Waals surface area contributed by atoms with Crippen LogP contribution in [0.2, 0.25) is 5.02 Å². The maximum atomic E-state index is 8.57. The van der Waals surface area contributed by atoms with Crippen LogP contribution in [-0.4, -0.2) is 9.78 Å². The molecule has 0 radical (unpaired) electrons. The third-order valence-corrected chi connectivity index (χ3v) is 2.72. The Kier molecular flexibility index (Phi) is 3.27. The molecular formula is C13H10ClN3. The lowest BCUT2D eigenvalue weighted by molar-refractivity contribution is 0.710. The lowest BCUT2D eigenvalue weighted by Gasteiger charge is -2.02. The molecule has 0 saturated heterocycles. The summed E-state index contributed by atoms with van der Waals surface area (Å²) < 4.78 is 1.58. The summed E-state index contributed by atoms with van der Waals surface area (Å²) in [6.45, 7) is 3.93. The Bertz CT molecular complexity index is 593. The highest BCUT2D eigenvalue weighted by atomic mass is 35.5. The first-order chi connectivity index (χ1) is 8.24. The SMILES string of the molecule is C=Cc1ccc(-c2cnn(CC#N)c2)c(Cl)c1. The van der Waals surface area contributed by atoms with Crippen LogP contribution < -0.4 is 0 Å². The molecule has 2 aromatic rings. The van der Waals surface area contributed by atoms with Gasteiger partial charge in [-0.2, -0.15) is 10.4 Å². The number of aromatic nitrogens is 2. The van der Waals surface area contributed by atoms with Crippen molar-refractivity contribution < 1.29 is 0 Å². The minimum absolute atomic E-state index is 0.238. The Hall–Kier alpha value is -2.05. The van der Waals surface area contributed by atoms with Crippen molar-refractivity contribution >= 4 is 17.7 Å². The minimum Gasteiger partial charge on any atom is -0.258 e. The van der Waals surface area contributed by atoms with Crippen LogP contribution in [0.5, 0.6) is 0 Å². The van der Waals surface area contributed by atoms with Crippen molar-refractivity contribution in [1.29, 1.82) is 5.26 Å². The zero-order valence-corrected chi connectivity index (χ0v) is 9.85. The van der Waals surface area contributed by atoms with Crippen LogP contribution in [0.15, 0.2) is 37.2 Å². The Morgan fingerprint density at radius 1 is 1.53 bits per heavy atom. The molecule has 0 aliphatic carbocycles. The second kappa shape index (κ2) is 4.86. The van der Waals surface area contributed by atoms with E-state index in [9.17, 15) is 0 Å². The highest BCUT2D eigenvalue weighted by Gasteiger charge is 2.06. The van der Waals surface area contributed by atoms with Crippen LogP contribution in [0.4, 0.5) is 0 Å². The standard InChI is InChI=1S/C13H10ClN3/c1-2-10-3-4-12(13(14)7-10)11-8-16-17(9-11)6-5-15/h2-4,7-9H,1,6H2. The Balaban J connectivity index is 2.39. The number of hydrogen-bond acceptors (Lipinski definition) is 2. The predicted octanol–water partition coefficient (Wildman–Crippen LogP) is 3.37. The highest BCUT2D eigenvalue weighted by Crippen LogP contribution is 2.28. The van der Waals surface area contributed by atoms with E-state index in [2.05, 4.69) is 11.7 Å². The molecule has 17 heavy (non-hydrogen) atoms. The zero-order chi connectivity index (χ0) is 12.3. The molecule has 2 rings (SSSR count). The molecule has 0 aliphatic heterocycles. The molecule has 0 N–H and O–H groups in total. The van der Waals surface area contributed by atoms with Gasteiger partial charge in [-0.1, -0.05) is 36.4 Å². The van der Waals surface area contributed by atoms with Gasteiger partial charge in [0.15, 0.2) is 0 Å². The van der Waals surface area contributed by atoms with Crippen LogP contribution in [0, 0.1) is 11.3 Å². The summed E-state index contributed by atoms with van der Waals surface area (Å²) in [5.41, 5.74) is 2.78. The topological polar surface area (TPSA) is 41.6 Å². The van der Waals surface area contributed by atoms with Crippen LogP contribution in [0.1, 0.15) is 5.56 Å². The molecule has 84 valence electrons. The van der Waals surface area contributed by atoms with E-state index in [1.54, 1.807) is 23.2 Å². The summed E-state index contributed by atoms with van der Waals surface area (Å²) in [6, 6.07) is 7.75. The van der Waals surface area contributed by atoms with E-state index in [4.69, 9.17) is 16.9 Å². The molecule has 1 heterocycles. The number of rotatable bonds is 3. The van der Waals surface area contributed by atoms with Crippen LogP contribution in [-0.2, 0) is 6.54 Å². The fourth-order valence-electron chi connectivity index (χ4n) is 1.55. The first-order valence-corrected chi connectivity index (χ1v) is 5.44. The normalized spacial score (nSPS) is 9.88. The fraction of sp³-hybridized carbons (Fsp3) is 0.0769. The van der Waals surface area contributed by atoms with Gasteiger partial charge in [-0.05, 0) is 11.6 Å². The van der Waals surface area contributed by atoms with Crippen molar-refractivity contribution in [3.8, 4) is 17.2 Å². The van der Waals surface area contributed by atoms with Crippen molar-refractivity contribution in [2.45, 2.75) is 6.54 Å². The van der Waals surface area contributed by atoms with Gasteiger partial charge >= 0.3 is 0 Å². The summed E-state index contributed by atoms with van der Waals surface area (Å²) in [6.07, 6.45) is 5.25. The lowest BCUT2D eigenvalue weighted by Crippen LogP contribution is -1.93. The smallest absolute Gasteiger partial charge is 0.128 e. The molecular weight excluding hydrogens is 234 g/mol. The molecule has 4 heteroatoms. The van der Waals surface area contributed by atoms with Crippen molar-refractivity contribution in [2.24, 2.45) is 0 Å². The van der Waals surface area contributed by atoms with Gasteiger partial charge in [-0.15, -0.1) is 0 Å². The van der Waals surface area contributed by atoms with Crippen molar-refractivity contribution in [3.63, 3.8) is 0 Å². The molecule has 1 aromatic carbocycles. The quantitative estimate of drug-likeness (QED) is 0.829. The van der Waals surface area contributed by atoms with E-state index < -0.39 is 0 Å². The minimum atomic E-state index is 0.238. The molecule has 0 spiro atoms. The molecule has 0 amide bonds. The first kappa shape index (κ1) is 11.4. The van der Waals surface area contributed by atoms with E-state index in [1.165, 1.54) is 0 Å². The fourth-order valence-corrected chi connectivity index (χ4v) is 1.85. The average Bonchev–Trinajstić information content (AvgIpc) is 2.78. The second-order valence-corrected chi connectivity index (χ2v) is 3.94. The summed E-state index contributed by atoms with van der Waals surface area (Å²) in [5, 5.41) is 13.3. The summed E-state index contributed by atoms with van der Waals surface area (Å²) in [7, 11) is 0. The number of hydrogen-bond donors (Lipinski definition) is 0. The number of nitrogens with zero attached hydrogens (tertiary/aromatic N) is 3. The molecule has 0 unspecified atom stereocenters. The van der Waals surface area contributed by atoms with E-state index in [0.29, 0.717) is 5.02 Å². The summed E-state index contributed by atoms with van der Waals surface area (Å²) in [5.74, 6) is 0. The maximum Gasteiger partial charge on any atom is 0.128 e. The Morgan fingerprint density at radius 3 is 3.00 bits per heavy atom. The van der Waals surface area contributed by atoms with Gasteiger partial charge in [-0.3, -0.25) is 4.68 Å². The highest BCUT2D eigenvalue weighted by molar-refractivity contribution is 6.33. The lowest BCUT2D eigenvalue weighted by atomic mass is 10.1. The third-order valence-electron chi connectivity index (χ3n) is 2.41. The van der Waals surface area contributed by atoms with Crippen LogP contribution >= 0.6 is 11.6 Å². The molecule has 0 aliphatic rings. The number of halogens is 1. The van der Waals surface area contributed by atoms with Crippen LogP contribution in [0.25, 0.3) is 17.2 Å². The van der Waals surface area contributed by atoms with Gasteiger partial charge in [0.05, 0.1) is 12.3 Å². The first-order valence-electron chi connectivity index (χ1n) is 5.06. The molecule has 1 aromatic heterocycles. The Morgan fingerprint density at radius 2 is 2.35 bits per heavy atom. The maximum absolute atomic E-state index is 8.57. The van der Waals surface area contributed by atoms with Crippen LogP contribution in [0.3, 0.4) is 0 Å². The van der Waals surface area contributed by atoms with E-state index in [-0.39, 0.29) is 6.54 Å². The monoisotopic (exact) mass is 243 g/mol. The molecule has 0 saturated carbocycles. The average molecular weight is 244 g/mol. The largest absolute Gasteiger partial charge is 0.258 e. The molecule has 0 bridgehead atoms. The van der Waals surface area contributed by atoms with Gasteiger partial charge in [0.2, 0.25) is 0 Å². The Labute approximate surface area is 105 Å². The van der Waals surface area contributed by atoms with Gasteiger partial charge < -0.3 is 0 Å². The third kappa shape index (κ3) is 2.38. The number of nitriles is 1. The number of benzene rings is 1. The van der Waals surface area contributed by atoms with Crippen molar-refractivity contribution in [1.82, 2.24) is 9.78 Å². The second-order valence-electron chi connectivity index (χ2n) is 3.53. The van der Waals surface area contributed by atoms with E-state index in [1.807, 2.05) is 24.3 Å². The van der Waals surface area contributed by atoms with Gasteiger partial charge in [0.25, 0.3) is 0 Å². The van der Waals surface area contributed by atoms with Gasteiger partial charge in [0.1, 0.15) is 6.54 Å². The molecule has 0 fully saturated rings. The van der Waals surface area contributed by atoms with Crippen molar-refractivity contribution in [3.05, 3.63) is 47.8 Å². The zero-order valence-electron chi connectivity index (χ0n) is 9.10. The van der Waals surface area contributed by atoms with E-state index in [0.717, 1.165) is 16.7 Å².